The number of carbonyl (C=O) groups is 1. The molecule has 1 saturated heterocycles. The van der Waals surface area contributed by atoms with Crippen LogP contribution in [-0.2, 0) is 16.6 Å². The highest BCUT2D eigenvalue weighted by Crippen LogP contribution is 2.22. The van der Waals surface area contributed by atoms with Crippen molar-refractivity contribution in [1.29, 1.82) is 0 Å². The normalized spacial score (nSPS) is 17.4. The van der Waals surface area contributed by atoms with Gasteiger partial charge in [0.05, 0.1) is 4.90 Å². The van der Waals surface area contributed by atoms with Gasteiger partial charge in [0.2, 0.25) is 10.0 Å². The average molecular weight is 491 g/mol. The summed E-state index contributed by atoms with van der Waals surface area (Å²) in [4.78, 5) is 15.2. The van der Waals surface area contributed by atoms with Gasteiger partial charge in [-0.05, 0) is 89.0 Å². The van der Waals surface area contributed by atoms with Gasteiger partial charge in [-0.2, -0.15) is 0 Å². The molecule has 1 heterocycles. The summed E-state index contributed by atoms with van der Waals surface area (Å²) in [6.45, 7) is 8.06. The summed E-state index contributed by atoms with van der Waals surface area (Å²) in [6.07, 6.45) is 2.15. The molecular formula is C25H35FN4O3S. The second-order valence-corrected chi connectivity index (χ2v) is 11.7. The third-order valence-corrected chi connectivity index (χ3v) is 7.32. The SMILES string of the molecule is CN1CCC[C@H](CNC(=O)c2cc(NCc3cccc(F)c3)cc(S(=O)(=O)NC(C)(C)C)c2)C1. The third kappa shape index (κ3) is 7.78. The van der Waals surface area contributed by atoms with Crippen molar-refractivity contribution in [2.24, 2.45) is 5.92 Å². The van der Waals surface area contributed by atoms with E-state index >= 15 is 0 Å². The molecule has 2 aromatic rings. The van der Waals surface area contributed by atoms with Gasteiger partial charge in [0.25, 0.3) is 5.91 Å². The smallest absolute Gasteiger partial charge is 0.251 e. The molecule has 2 aromatic carbocycles. The van der Waals surface area contributed by atoms with Gasteiger partial charge < -0.3 is 15.5 Å². The van der Waals surface area contributed by atoms with Crippen LogP contribution < -0.4 is 15.4 Å². The fraction of sp³-hybridized carbons (Fsp3) is 0.480. The zero-order chi connectivity index (χ0) is 24.9. The van der Waals surface area contributed by atoms with Crippen LogP contribution in [0.1, 0.15) is 49.5 Å². The lowest BCUT2D eigenvalue weighted by molar-refractivity contribution is 0.0936. The zero-order valence-corrected chi connectivity index (χ0v) is 21.1. The number of anilines is 1. The Morgan fingerprint density at radius 3 is 2.62 bits per heavy atom. The van der Waals surface area contributed by atoms with E-state index in [9.17, 15) is 17.6 Å². The van der Waals surface area contributed by atoms with Crippen LogP contribution in [0.4, 0.5) is 10.1 Å². The summed E-state index contributed by atoms with van der Waals surface area (Å²) in [6, 6.07) is 10.7. The molecule has 0 aromatic heterocycles. The fourth-order valence-corrected chi connectivity index (χ4v) is 5.57. The molecule has 1 aliphatic rings. The predicted molar refractivity (Wildman–Crippen MR) is 133 cm³/mol. The second-order valence-electron chi connectivity index (χ2n) is 10.1. The van der Waals surface area contributed by atoms with Gasteiger partial charge in [0.1, 0.15) is 5.82 Å². The van der Waals surface area contributed by atoms with E-state index in [1.165, 1.54) is 24.3 Å². The van der Waals surface area contributed by atoms with Gasteiger partial charge in [-0.1, -0.05) is 12.1 Å². The van der Waals surface area contributed by atoms with E-state index in [4.69, 9.17) is 0 Å². The van der Waals surface area contributed by atoms with Crippen LogP contribution >= 0.6 is 0 Å². The van der Waals surface area contributed by atoms with Crippen molar-refractivity contribution < 1.29 is 17.6 Å². The number of carbonyl (C=O) groups excluding carboxylic acids is 1. The monoisotopic (exact) mass is 490 g/mol. The highest BCUT2D eigenvalue weighted by atomic mass is 32.2. The van der Waals surface area contributed by atoms with Crippen LogP contribution in [0, 0.1) is 11.7 Å². The van der Waals surface area contributed by atoms with Gasteiger partial charge in [-0.25, -0.2) is 17.5 Å². The van der Waals surface area contributed by atoms with E-state index < -0.39 is 15.6 Å². The Balaban J connectivity index is 1.83. The van der Waals surface area contributed by atoms with Gasteiger partial charge in [0.15, 0.2) is 0 Å². The topological polar surface area (TPSA) is 90.5 Å². The summed E-state index contributed by atoms with van der Waals surface area (Å²) >= 11 is 0. The predicted octanol–water partition coefficient (Wildman–Crippen LogP) is 3.59. The number of amides is 1. The Hall–Kier alpha value is -2.49. The number of nitrogens with zero attached hydrogens (tertiary/aromatic N) is 1. The summed E-state index contributed by atoms with van der Waals surface area (Å²) in [5.41, 5.74) is 0.735. The summed E-state index contributed by atoms with van der Waals surface area (Å²) in [5.74, 6) is -0.309. The van der Waals surface area contributed by atoms with Crippen molar-refractivity contribution in [3.63, 3.8) is 0 Å². The fourth-order valence-electron chi connectivity index (χ4n) is 4.08. The lowest BCUT2D eigenvalue weighted by atomic mass is 9.98. The minimum Gasteiger partial charge on any atom is -0.381 e. The van der Waals surface area contributed by atoms with Crippen molar-refractivity contribution in [3.05, 3.63) is 59.4 Å². The molecule has 1 atom stereocenters. The van der Waals surface area contributed by atoms with Gasteiger partial charge >= 0.3 is 0 Å². The van der Waals surface area contributed by atoms with Crippen molar-refractivity contribution in [1.82, 2.24) is 14.9 Å². The van der Waals surface area contributed by atoms with Crippen LogP contribution in [-0.4, -0.2) is 51.4 Å². The van der Waals surface area contributed by atoms with Crippen LogP contribution in [0.3, 0.4) is 0 Å². The van der Waals surface area contributed by atoms with E-state index in [-0.39, 0.29) is 28.7 Å². The number of likely N-dealkylation sites (tertiary alicyclic amines) is 1. The number of hydrogen-bond donors (Lipinski definition) is 3. The molecular weight excluding hydrogens is 455 g/mol. The standard InChI is InChI=1S/C25H35FN4O3S/c1-25(2,3)29-34(32,33)23-13-20(24(31)28-16-19-8-6-10-30(4)17-19)12-22(14-23)27-15-18-7-5-9-21(26)11-18/h5,7,9,11-14,19,27,29H,6,8,10,15-17H2,1-4H3,(H,28,31)/t19-/m1/s1. The van der Waals surface area contributed by atoms with E-state index in [0.29, 0.717) is 23.7 Å². The van der Waals surface area contributed by atoms with E-state index in [2.05, 4.69) is 27.3 Å². The first-order valence-electron chi connectivity index (χ1n) is 11.6. The van der Waals surface area contributed by atoms with Crippen molar-refractivity contribution in [3.8, 4) is 0 Å². The molecule has 0 bridgehead atoms. The van der Waals surface area contributed by atoms with E-state index in [1.54, 1.807) is 39.0 Å². The molecule has 34 heavy (non-hydrogen) atoms. The maximum absolute atomic E-state index is 13.5. The minimum absolute atomic E-state index is 0.00535. The molecule has 3 N–H and O–H groups in total. The molecule has 9 heteroatoms. The van der Waals surface area contributed by atoms with Gasteiger partial charge in [0, 0.05) is 36.4 Å². The zero-order valence-electron chi connectivity index (χ0n) is 20.3. The first kappa shape index (κ1) is 26.1. The van der Waals surface area contributed by atoms with Crippen molar-refractivity contribution in [2.45, 2.75) is 50.6 Å². The first-order chi connectivity index (χ1) is 15.9. The Morgan fingerprint density at radius 1 is 1.18 bits per heavy atom. The summed E-state index contributed by atoms with van der Waals surface area (Å²) in [7, 11) is -1.80. The molecule has 0 saturated carbocycles. The average Bonchev–Trinajstić information content (AvgIpc) is 2.74. The number of rotatable bonds is 8. The molecule has 0 unspecified atom stereocenters. The Labute approximate surface area is 202 Å². The maximum Gasteiger partial charge on any atom is 0.251 e. The summed E-state index contributed by atoms with van der Waals surface area (Å²) < 4.78 is 42.2. The van der Waals surface area contributed by atoms with E-state index in [1.807, 2.05) is 0 Å². The number of nitrogens with one attached hydrogen (secondary N) is 3. The van der Waals surface area contributed by atoms with Gasteiger partial charge in [-0.15, -0.1) is 0 Å². The minimum atomic E-state index is -3.87. The largest absolute Gasteiger partial charge is 0.381 e. The Bertz CT molecular complexity index is 1120. The van der Waals surface area contributed by atoms with Gasteiger partial charge in [-0.3, -0.25) is 4.79 Å². The number of sulfonamides is 1. The highest BCUT2D eigenvalue weighted by molar-refractivity contribution is 7.89. The van der Waals surface area contributed by atoms with Crippen LogP contribution in [0.5, 0.6) is 0 Å². The van der Waals surface area contributed by atoms with E-state index in [0.717, 1.165) is 25.9 Å². The lowest BCUT2D eigenvalue weighted by Crippen LogP contribution is -2.40. The lowest BCUT2D eigenvalue weighted by Gasteiger charge is -2.29. The highest BCUT2D eigenvalue weighted by Gasteiger charge is 2.24. The second kappa shape index (κ2) is 10.8. The molecule has 1 amide bonds. The number of hydrogen-bond acceptors (Lipinski definition) is 5. The number of benzene rings is 2. The number of piperidine rings is 1. The molecule has 3 rings (SSSR count). The van der Waals surface area contributed by atoms with Crippen LogP contribution in [0.15, 0.2) is 47.4 Å². The molecule has 1 fully saturated rings. The number of halogens is 1. The Kier molecular flexibility index (Phi) is 8.33. The van der Waals surface area contributed by atoms with Crippen molar-refractivity contribution >= 4 is 21.6 Å². The molecule has 7 nitrogen and oxygen atoms in total. The maximum atomic E-state index is 13.5. The molecule has 186 valence electrons. The third-order valence-electron chi connectivity index (χ3n) is 5.58. The molecule has 0 radical (unpaired) electrons. The Morgan fingerprint density at radius 2 is 1.94 bits per heavy atom. The van der Waals surface area contributed by atoms with Crippen LogP contribution in [0.2, 0.25) is 0 Å². The van der Waals surface area contributed by atoms with Crippen molar-refractivity contribution in [2.75, 3.05) is 32.0 Å². The molecule has 1 aliphatic heterocycles. The quantitative estimate of drug-likeness (QED) is 0.526. The molecule has 0 aliphatic carbocycles. The molecule has 0 spiro atoms. The van der Waals surface area contributed by atoms with Crippen LogP contribution in [0.25, 0.3) is 0 Å². The first-order valence-corrected chi connectivity index (χ1v) is 13.0. The summed E-state index contributed by atoms with van der Waals surface area (Å²) in [5, 5.41) is 6.09.